The number of aryl methyl sites for hydroxylation is 1. The van der Waals surface area contributed by atoms with Gasteiger partial charge in [-0.15, -0.1) is 0 Å². The number of aromatic nitrogens is 2. The van der Waals surface area contributed by atoms with Crippen LogP contribution >= 0.6 is 0 Å². The number of nitrogens with zero attached hydrogens (tertiary/aromatic N) is 2. The molecule has 0 fully saturated rings. The molecule has 2 rings (SSSR count). The number of hydrogen-bond donors (Lipinski definition) is 1. The number of nitrogens with two attached hydrogens (primary N) is 1. The number of pyridine rings is 1. The molecule has 4 nitrogen and oxygen atoms in total. The molecule has 0 saturated heterocycles. The van der Waals surface area contributed by atoms with Gasteiger partial charge in [-0.1, -0.05) is 6.07 Å². The highest BCUT2D eigenvalue weighted by molar-refractivity contribution is 5.94. The summed E-state index contributed by atoms with van der Waals surface area (Å²) in [5.41, 5.74) is 8.77. The van der Waals surface area contributed by atoms with Crippen molar-refractivity contribution >= 4 is 5.91 Å². The van der Waals surface area contributed by atoms with Crippen molar-refractivity contribution in [2.75, 3.05) is 0 Å². The first-order valence-corrected chi connectivity index (χ1v) is 5.46. The standard InChI is InChI=1S/C13H15N3O/c1-9-7-12(13(14)17)10(2)16(9)8-11-5-3-4-6-15-11/h3-7H,8H2,1-2H3,(H2,14,17). The van der Waals surface area contributed by atoms with Gasteiger partial charge in [-0.2, -0.15) is 0 Å². The molecule has 0 aromatic carbocycles. The van der Waals surface area contributed by atoms with E-state index in [0.29, 0.717) is 12.1 Å². The number of amides is 1. The van der Waals surface area contributed by atoms with E-state index < -0.39 is 0 Å². The van der Waals surface area contributed by atoms with Crippen LogP contribution in [0.15, 0.2) is 30.5 Å². The van der Waals surface area contributed by atoms with Crippen molar-refractivity contribution in [2.45, 2.75) is 20.4 Å². The van der Waals surface area contributed by atoms with Crippen molar-refractivity contribution in [3.63, 3.8) is 0 Å². The summed E-state index contributed by atoms with van der Waals surface area (Å²) in [7, 11) is 0. The molecule has 88 valence electrons. The topological polar surface area (TPSA) is 60.9 Å². The molecule has 0 atom stereocenters. The zero-order valence-corrected chi connectivity index (χ0v) is 9.97. The van der Waals surface area contributed by atoms with Gasteiger partial charge in [-0.3, -0.25) is 9.78 Å². The number of rotatable bonds is 3. The summed E-state index contributed by atoms with van der Waals surface area (Å²) in [5, 5.41) is 0. The van der Waals surface area contributed by atoms with Crippen molar-refractivity contribution in [1.29, 1.82) is 0 Å². The molecule has 0 unspecified atom stereocenters. The Morgan fingerprint density at radius 2 is 2.18 bits per heavy atom. The molecule has 0 aliphatic heterocycles. The monoisotopic (exact) mass is 229 g/mol. The van der Waals surface area contributed by atoms with Crippen LogP contribution in [0.3, 0.4) is 0 Å². The van der Waals surface area contributed by atoms with Gasteiger partial charge in [0.1, 0.15) is 0 Å². The van der Waals surface area contributed by atoms with Crippen LogP contribution in [0.2, 0.25) is 0 Å². The van der Waals surface area contributed by atoms with Crippen LogP contribution in [0.25, 0.3) is 0 Å². The van der Waals surface area contributed by atoms with E-state index in [2.05, 4.69) is 4.98 Å². The molecule has 2 aromatic rings. The zero-order valence-electron chi connectivity index (χ0n) is 9.97. The maximum absolute atomic E-state index is 11.2. The number of primary amides is 1. The van der Waals surface area contributed by atoms with E-state index in [0.717, 1.165) is 17.1 Å². The molecule has 0 bridgehead atoms. The normalized spacial score (nSPS) is 10.5. The lowest BCUT2D eigenvalue weighted by Gasteiger charge is -2.08. The largest absolute Gasteiger partial charge is 0.366 e. The van der Waals surface area contributed by atoms with E-state index in [-0.39, 0.29) is 5.91 Å². The van der Waals surface area contributed by atoms with Crippen molar-refractivity contribution in [2.24, 2.45) is 5.73 Å². The maximum Gasteiger partial charge on any atom is 0.250 e. The maximum atomic E-state index is 11.2. The fourth-order valence-corrected chi connectivity index (χ4v) is 1.95. The number of hydrogen-bond acceptors (Lipinski definition) is 2. The Hall–Kier alpha value is -2.10. The first-order valence-electron chi connectivity index (χ1n) is 5.46. The van der Waals surface area contributed by atoms with E-state index in [1.165, 1.54) is 0 Å². The first-order chi connectivity index (χ1) is 8.09. The fourth-order valence-electron chi connectivity index (χ4n) is 1.95. The summed E-state index contributed by atoms with van der Waals surface area (Å²) in [6.07, 6.45) is 1.76. The fraction of sp³-hybridized carbons (Fsp3) is 0.231. The second kappa shape index (κ2) is 4.41. The smallest absolute Gasteiger partial charge is 0.250 e. The van der Waals surface area contributed by atoms with Crippen molar-refractivity contribution < 1.29 is 4.79 Å². The molecule has 0 radical (unpaired) electrons. The molecule has 0 spiro atoms. The first kappa shape index (κ1) is 11.4. The Kier molecular flexibility index (Phi) is 2.95. The summed E-state index contributed by atoms with van der Waals surface area (Å²) in [6.45, 7) is 4.52. The molecule has 17 heavy (non-hydrogen) atoms. The van der Waals surface area contributed by atoms with Gasteiger partial charge in [-0.25, -0.2) is 0 Å². The van der Waals surface area contributed by atoms with Gasteiger partial charge in [0.15, 0.2) is 0 Å². The van der Waals surface area contributed by atoms with Crippen molar-refractivity contribution in [1.82, 2.24) is 9.55 Å². The van der Waals surface area contributed by atoms with Crippen molar-refractivity contribution in [3.8, 4) is 0 Å². The summed E-state index contributed by atoms with van der Waals surface area (Å²) < 4.78 is 2.04. The minimum atomic E-state index is -0.384. The highest BCUT2D eigenvalue weighted by Crippen LogP contribution is 2.15. The average molecular weight is 229 g/mol. The van der Waals surface area contributed by atoms with Crippen LogP contribution in [0.1, 0.15) is 27.4 Å². The Morgan fingerprint density at radius 3 is 2.71 bits per heavy atom. The van der Waals surface area contributed by atoms with Crippen LogP contribution in [0, 0.1) is 13.8 Å². The third-order valence-corrected chi connectivity index (χ3v) is 2.89. The quantitative estimate of drug-likeness (QED) is 0.869. The molecular formula is C13H15N3O. The molecule has 0 aliphatic carbocycles. The van der Waals surface area contributed by atoms with E-state index in [9.17, 15) is 4.79 Å². The van der Waals surface area contributed by atoms with E-state index in [4.69, 9.17) is 5.73 Å². The highest BCUT2D eigenvalue weighted by Gasteiger charge is 2.13. The van der Waals surface area contributed by atoms with E-state index >= 15 is 0 Å². The van der Waals surface area contributed by atoms with Gasteiger partial charge in [0.05, 0.1) is 17.8 Å². The van der Waals surface area contributed by atoms with Crippen LogP contribution in [-0.2, 0) is 6.54 Å². The Bertz CT molecular complexity index is 543. The van der Waals surface area contributed by atoms with Crippen molar-refractivity contribution in [3.05, 3.63) is 53.1 Å². The van der Waals surface area contributed by atoms with Crippen LogP contribution < -0.4 is 5.73 Å². The van der Waals surface area contributed by atoms with Gasteiger partial charge < -0.3 is 10.3 Å². The summed E-state index contributed by atoms with van der Waals surface area (Å²) in [6, 6.07) is 7.61. The minimum absolute atomic E-state index is 0.384. The third-order valence-electron chi connectivity index (χ3n) is 2.89. The molecule has 2 N–H and O–H groups in total. The SMILES string of the molecule is Cc1cc(C(N)=O)c(C)n1Cc1ccccn1. The van der Waals surface area contributed by atoms with Crippen LogP contribution in [0.4, 0.5) is 0 Å². The van der Waals surface area contributed by atoms with Gasteiger partial charge >= 0.3 is 0 Å². The predicted molar refractivity (Wildman–Crippen MR) is 65.8 cm³/mol. The summed E-state index contributed by atoms with van der Waals surface area (Å²) >= 11 is 0. The molecule has 0 aliphatic rings. The minimum Gasteiger partial charge on any atom is -0.366 e. The lowest BCUT2D eigenvalue weighted by Crippen LogP contribution is -2.13. The van der Waals surface area contributed by atoms with Gasteiger partial charge in [0, 0.05) is 17.6 Å². The highest BCUT2D eigenvalue weighted by atomic mass is 16.1. The Balaban J connectivity index is 2.37. The zero-order chi connectivity index (χ0) is 12.4. The van der Waals surface area contributed by atoms with E-state index in [1.807, 2.05) is 42.7 Å². The lowest BCUT2D eigenvalue weighted by molar-refractivity contribution is 0.0999. The van der Waals surface area contributed by atoms with Crippen LogP contribution in [-0.4, -0.2) is 15.5 Å². The van der Waals surface area contributed by atoms with Crippen LogP contribution in [0.5, 0.6) is 0 Å². The Morgan fingerprint density at radius 1 is 1.41 bits per heavy atom. The van der Waals surface area contributed by atoms with Gasteiger partial charge in [0.2, 0.25) is 0 Å². The second-order valence-electron chi connectivity index (χ2n) is 4.06. The summed E-state index contributed by atoms with van der Waals surface area (Å²) in [4.78, 5) is 15.5. The molecule has 2 heterocycles. The average Bonchev–Trinajstić information content (AvgIpc) is 2.58. The third kappa shape index (κ3) is 2.20. The van der Waals surface area contributed by atoms with Gasteiger partial charge in [-0.05, 0) is 32.0 Å². The second-order valence-corrected chi connectivity index (χ2v) is 4.06. The predicted octanol–water partition coefficient (Wildman–Crippen LogP) is 1.65. The molecule has 4 heteroatoms. The molecular weight excluding hydrogens is 214 g/mol. The molecule has 1 amide bonds. The molecule has 2 aromatic heterocycles. The van der Waals surface area contributed by atoms with E-state index in [1.54, 1.807) is 6.20 Å². The number of carbonyl (C=O) groups excluding carboxylic acids is 1. The number of carbonyl (C=O) groups is 1. The Labute approximate surface area is 100 Å². The van der Waals surface area contributed by atoms with Gasteiger partial charge in [0.25, 0.3) is 5.91 Å². The molecule has 0 saturated carbocycles. The lowest BCUT2D eigenvalue weighted by atomic mass is 10.2. The summed E-state index contributed by atoms with van der Waals surface area (Å²) in [5.74, 6) is -0.384.